The predicted molar refractivity (Wildman–Crippen MR) is 119 cm³/mol. The first-order chi connectivity index (χ1) is 16.0. The van der Waals surface area contributed by atoms with Gasteiger partial charge in [-0.25, -0.2) is 0 Å². The van der Waals surface area contributed by atoms with Crippen LogP contribution in [0.1, 0.15) is 39.1 Å². The molecular weight excluding hydrogens is 420 g/mol. The van der Waals surface area contributed by atoms with Gasteiger partial charge in [0.05, 0.1) is 17.2 Å². The first-order valence-corrected chi connectivity index (χ1v) is 11.0. The van der Waals surface area contributed by atoms with Crippen molar-refractivity contribution >= 4 is 23.6 Å². The molecule has 1 unspecified atom stereocenters. The van der Waals surface area contributed by atoms with Gasteiger partial charge in [-0.1, -0.05) is 42.5 Å². The second-order valence-corrected chi connectivity index (χ2v) is 8.13. The molecule has 8 heteroatoms. The van der Waals surface area contributed by atoms with Gasteiger partial charge in [0.2, 0.25) is 11.8 Å². The van der Waals surface area contributed by atoms with Gasteiger partial charge in [-0.05, 0) is 24.1 Å². The van der Waals surface area contributed by atoms with E-state index in [2.05, 4.69) is 0 Å². The third-order valence-electron chi connectivity index (χ3n) is 6.08. The zero-order chi connectivity index (χ0) is 23.4. The second kappa shape index (κ2) is 9.65. The van der Waals surface area contributed by atoms with E-state index in [1.165, 1.54) is 0 Å². The summed E-state index contributed by atoms with van der Waals surface area (Å²) in [5, 5.41) is 8.80. The van der Waals surface area contributed by atoms with Crippen LogP contribution in [0.2, 0.25) is 0 Å². The number of carbonyl (C=O) groups excluding carboxylic acids is 4. The fourth-order valence-electron chi connectivity index (χ4n) is 4.39. The van der Waals surface area contributed by atoms with Gasteiger partial charge in [0.15, 0.2) is 0 Å². The van der Waals surface area contributed by atoms with E-state index in [-0.39, 0.29) is 31.2 Å². The molecule has 2 aliphatic heterocycles. The number of hydrogen-bond acceptors (Lipinski definition) is 5. The predicted octanol–water partition coefficient (Wildman–Crippen LogP) is 1.87. The zero-order valence-electron chi connectivity index (χ0n) is 18.1. The number of hydrogen-bond donors (Lipinski definition) is 0. The van der Waals surface area contributed by atoms with E-state index in [1.807, 2.05) is 36.4 Å². The Balaban J connectivity index is 1.60. The Bertz CT molecular complexity index is 1090. The van der Waals surface area contributed by atoms with Crippen LogP contribution in [0.15, 0.2) is 54.6 Å². The largest absolute Gasteiger partial charge is 0.340 e. The number of rotatable bonds is 5. The fraction of sp³-hybridized carbons (Fsp3) is 0.320. The summed E-state index contributed by atoms with van der Waals surface area (Å²) in [6, 6.07) is 16.8. The van der Waals surface area contributed by atoms with Gasteiger partial charge in [0, 0.05) is 32.6 Å². The molecule has 0 radical (unpaired) electrons. The molecule has 2 aromatic rings. The average Bonchev–Trinajstić information content (AvgIpc) is 2.99. The Morgan fingerprint density at radius 2 is 1.42 bits per heavy atom. The highest BCUT2D eigenvalue weighted by Gasteiger charge is 2.44. The number of nitrogens with zero attached hydrogens (tertiary/aromatic N) is 4. The molecule has 8 nitrogen and oxygen atoms in total. The maximum absolute atomic E-state index is 13.7. The molecule has 168 valence electrons. The van der Waals surface area contributed by atoms with Crippen LogP contribution < -0.4 is 0 Å². The summed E-state index contributed by atoms with van der Waals surface area (Å²) in [5.41, 5.74) is 1.45. The summed E-state index contributed by atoms with van der Waals surface area (Å²) < 4.78 is 0. The van der Waals surface area contributed by atoms with Gasteiger partial charge in [0.1, 0.15) is 12.5 Å². The molecule has 2 aliphatic rings. The summed E-state index contributed by atoms with van der Waals surface area (Å²) >= 11 is 0. The van der Waals surface area contributed by atoms with Gasteiger partial charge in [0.25, 0.3) is 11.8 Å². The molecule has 0 bridgehead atoms. The van der Waals surface area contributed by atoms with Crippen molar-refractivity contribution in [1.29, 1.82) is 5.26 Å². The molecule has 4 rings (SSSR count). The molecule has 0 saturated carbocycles. The summed E-state index contributed by atoms with van der Waals surface area (Å²) in [7, 11) is 0. The van der Waals surface area contributed by atoms with Crippen molar-refractivity contribution in [3.05, 3.63) is 71.3 Å². The Morgan fingerprint density at radius 3 is 2.06 bits per heavy atom. The summed E-state index contributed by atoms with van der Waals surface area (Å²) in [5.74, 6) is -1.51. The first-order valence-electron chi connectivity index (χ1n) is 11.0. The minimum atomic E-state index is -0.985. The topological polar surface area (TPSA) is 102 Å². The molecule has 1 fully saturated rings. The molecule has 1 atom stereocenters. The lowest BCUT2D eigenvalue weighted by Gasteiger charge is -2.31. The van der Waals surface area contributed by atoms with Gasteiger partial charge in [-0.2, -0.15) is 5.26 Å². The number of imide groups is 1. The molecule has 0 aromatic heterocycles. The third kappa shape index (κ3) is 4.48. The van der Waals surface area contributed by atoms with Gasteiger partial charge < -0.3 is 9.80 Å². The Morgan fingerprint density at radius 1 is 0.848 bits per heavy atom. The van der Waals surface area contributed by atoms with Gasteiger partial charge >= 0.3 is 0 Å². The van der Waals surface area contributed by atoms with E-state index in [0.29, 0.717) is 37.2 Å². The van der Waals surface area contributed by atoms with E-state index in [4.69, 9.17) is 5.26 Å². The van der Waals surface area contributed by atoms with Gasteiger partial charge in [-0.15, -0.1) is 0 Å². The van der Waals surface area contributed by atoms with Crippen molar-refractivity contribution in [3.8, 4) is 6.07 Å². The van der Waals surface area contributed by atoms with Crippen LogP contribution in [0.3, 0.4) is 0 Å². The molecule has 2 heterocycles. The summed E-state index contributed by atoms with van der Waals surface area (Å²) in [6.07, 6.45) is 0.571. The Hall–Kier alpha value is -3.99. The molecule has 0 aliphatic carbocycles. The van der Waals surface area contributed by atoms with Crippen molar-refractivity contribution in [2.45, 2.75) is 25.3 Å². The molecule has 0 N–H and O–H groups in total. The van der Waals surface area contributed by atoms with Crippen molar-refractivity contribution in [2.75, 3.05) is 26.2 Å². The number of amides is 4. The monoisotopic (exact) mass is 444 g/mol. The SMILES string of the molecule is N#CCC(=O)N1CCCN(C(=O)C(Cc2ccccc2)N2C(=O)c3ccccc3C2=O)CC1. The quantitative estimate of drug-likeness (QED) is 0.655. The summed E-state index contributed by atoms with van der Waals surface area (Å²) in [6.45, 7) is 1.46. The van der Waals surface area contributed by atoms with E-state index in [9.17, 15) is 19.2 Å². The third-order valence-corrected chi connectivity index (χ3v) is 6.08. The van der Waals surface area contributed by atoms with Crippen molar-refractivity contribution in [3.63, 3.8) is 0 Å². The lowest BCUT2D eigenvalue weighted by atomic mass is 10.0. The maximum atomic E-state index is 13.7. The van der Waals surface area contributed by atoms with Crippen LogP contribution in [0.25, 0.3) is 0 Å². The van der Waals surface area contributed by atoms with E-state index in [1.54, 1.807) is 34.1 Å². The lowest BCUT2D eigenvalue weighted by Crippen LogP contribution is -2.52. The minimum Gasteiger partial charge on any atom is -0.340 e. The number of fused-ring (bicyclic) bond motifs is 1. The van der Waals surface area contributed by atoms with E-state index in [0.717, 1.165) is 10.5 Å². The molecule has 4 amide bonds. The number of carbonyl (C=O) groups is 4. The Labute approximate surface area is 192 Å². The molecule has 0 spiro atoms. The van der Waals surface area contributed by atoms with Gasteiger partial charge in [-0.3, -0.25) is 24.1 Å². The normalized spacial score (nSPS) is 16.8. The van der Waals surface area contributed by atoms with Crippen LogP contribution in [-0.2, 0) is 16.0 Å². The van der Waals surface area contributed by atoms with Crippen molar-refractivity contribution < 1.29 is 19.2 Å². The minimum absolute atomic E-state index is 0.195. The molecule has 33 heavy (non-hydrogen) atoms. The number of benzene rings is 2. The van der Waals surface area contributed by atoms with Crippen molar-refractivity contribution in [1.82, 2.24) is 14.7 Å². The maximum Gasteiger partial charge on any atom is 0.262 e. The highest BCUT2D eigenvalue weighted by molar-refractivity contribution is 6.22. The molecule has 1 saturated heterocycles. The first kappa shape index (κ1) is 22.2. The highest BCUT2D eigenvalue weighted by Crippen LogP contribution is 2.27. The smallest absolute Gasteiger partial charge is 0.262 e. The lowest BCUT2D eigenvalue weighted by molar-refractivity contribution is -0.136. The van der Waals surface area contributed by atoms with Crippen LogP contribution in [0, 0.1) is 11.3 Å². The second-order valence-electron chi connectivity index (χ2n) is 8.13. The standard InChI is InChI=1S/C25H24N4O4/c26-12-11-22(30)27-13-6-14-28(16-15-27)25(33)21(17-18-7-2-1-3-8-18)29-23(31)19-9-4-5-10-20(19)24(29)32/h1-5,7-10,21H,6,11,13-17H2. The number of nitriles is 1. The molecule has 2 aromatic carbocycles. The van der Waals surface area contributed by atoms with Crippen LogP contribution >= 0.6 is 0 Å². The highest BCUT2D eigenvalue weighted by atomic mass is 16.2. The average molecular weight is 444 g/mol. The van der Waals surface area contributed by atoms with E-state index < -0.39 is 17.9 Å². The van der Waals surface area contributed by atoms with Crippen molar-refractivity contribution in [2.24, 2.45) is 0 Å². The fourth-order valence-corrected chi connectivity index (χ4v) is 4.39. The zero-order valence-corrected chi connectivity index (χ0v) is 18.1. The van der Waals surface area contributed by atoms with Crippen LogP contribution in [0.5, 0.6) is 0 Å². The Kier molecular flexibility index (Phi) is 6.50. The van der Waals surface area contributed by atoms with Crippen LogP contribution in [-0.4, -0.2) is 70.5 Å². The van der Waals surface area contributed by atoms with Crippen LogP contribution in [0.4, 0.5) is 0 Å². The van der Waals surface area contributed by atoms with E-state index >= 15 is 0 Å². The summed E-state index contributed by atoms with van der Waals surface area (Å²) in [4.78, 5) is 56.4. The molecular formula is C25H24N4O4.